The van der Waals surface area contributed by atoms with Gasteiger partial charge in [-0.15, -0.1) is 0 Å². The zero-order valence-electron chi connectivity index (χ0n) is 16.7. The number of fused-ring (bicyclic) bond motifs is 1. The number of benzene rings is 1. The average Bonchev–Trinajstić information content (AvgIpc) is 3.32. The molecule has 1 aliphatic rings. The first-order valence-corrected chi connectivity index (χ1v) is 9.93. The number of hydrogen-bond acceptors (Lipinski definition) is 6. The number of carbonyl (C=O) groups is 3. The summed E-state index contributed by atoms with van der Waals surface area (Å²) in [5.74, 6) is -1.50. The topological polar surface area (TPSA) is 115 Å². The van der Waals surface area contributed by atoms with Crippen LogP contribution in [0.25, 0.3) is 10.9 Å². The van der Waals surface area contributed by atoms with Crippen molar-refractivity contribution >= 4 is 28.7 Å². The Morgan fingerprint density at radius 3 is 2.28 bits per heavy atom. The molecule has 1 fully saturated rings. The highest BCUT2D eigenvalue weighted by Crippen LogP contribution is 2.28. The number of aromatic nitrogens is 1. The number of H-pyrrole nitrogens is 1. The second kappa shape index (κ2) is 9.09. The minimum Gasteiger partial charge on any atom is -0.464 e. The van der Waals surface area contributed by atoms with Crippen LogP contribution in [0, 0.1) is 0 Å². The van der Waals surface area contributed by atoms with E-state index in [1.54, 1.807) is 13.8 Å². The van der Waals surface area contributed by atoms with Crippen LogP contribution in [0.4, 0.5) is 0 Å². The van der Waals surface area contributed by atoms with Gasteiger partial charge in [-0.3, -0.25) is 4.79 Å². The highest BCUT2D eigenvalue weighted by Gasteiger charge is 2.46. The van der Waals surface area contributed by atoms with Gasteiger partial charge in [-0.25, -0.2) is 9.59 Å². The summed E-state index contributed by atoms with van der Waals surface area (Å²) in [6.07, 6.45) is 2.79. The molecule has 3 atom stereocenters. The second-order valence-corrected chi connectivity index (χ2v) is 7.03. The standard InChI is InChI=1S/C21H27N3O5/c1-3-28-20(26)17-9-10-18(21(27)29-4-2)24(17)19(25)15(22)11-13-12-23-16-8-6-5-7-14(13)16/h5-8,12,15,17-18,23H,3-4,9-11,22H2,1-2H3/t15-,17-,18-/m1/s1. The molecular weight excluding hydrogens is 374 g/mol. The highest BCUT2D eigenvalue weighted by atomic mass is 16.5. The van der Waals surface area contributed by atoms with Gasteiger partial charge in [-0.2, -0.15) is 0 Å². The van der Waals surface area contributed by atoms with Crippen LogP contribution in [-0.2, 0) is 30.3 Å². The molecule has 1 saturated heterocycles. The second-order valence-electron chi connectivity index (χ2n) is 7.03. The molecular formula is C21H27N3O5. The number of esters is 2. The number of aromatic amines is 1. The van der Waals surface area contributed by atoms with E-state index >= 15 is 0 Å². The quantitative estimate of drug-likeness (QED) is 0.680. The number of nitrogens with two attached hydrogens (primary N) is 1. The van der Waals surface area contributed by atoms with E-state index in [2.05, 4.69) is 4.98 Å². The van der Waals surface area contributed by atoms with Crippen LogP contribution >= 0.6 is 0 Å². The SMILES string of the molecule is CCOC(=O)[C@H]1CC[C@H](C(=O)OCC)N1C(=O)[C@H](N)Cc1c[nH]c2ccccc12. The Labute approximate surface area is 169 Å². The lowest BCUT2D eigenvalue weighted by Crippen LogP contribution is -2.54. The highest BCUT2D eigenvalue weighted by molar-refractivity contribution is 5.93. The van der Waals surface area contributed by atoms with Gasteiger partial charge in [0.1, 0.15) is 12.1 Å². The molecule has 0 radical (unpaired) electrons. The van der Waals surface area contributed by atoms with Gasteiger partial charge in [0, 0.05) is 17.1 Å². The summed E-state index contributed by atoms with van der Waals surface area (Å²) in [4.78, 5) is 42.4. The summed E-state index contributed by atoms with van der Waals surface area (Å²) in [6, 6.07) is 5.18. The molecule has 0 aliphatic carbocycles. The summed E-state index contributed by atoms with van der Waals surface area (Å²) in [5, 5.41) is 0.987. The van der Waals surface area contributed by atoms with Crippen LogP contribution in [0.1, 0.15) is 32.3 Å². The molecule has 156 valence electrons. The van der Waals surface area contributed by atoms with Gasteiger partial charge in [0.15, 0.2) is 0 Å². The van der Waals surface area contributed by atoms with E-state index in [9.17, 15) is 14.4 Å². The van der Waals surface area contributed by atoms with Crippen molar-refractivity contribution in [3.63, 3.8) is 0 Å². The first-order chi connectivity index (χ1) is 14.0. The van der Waals surface area contributed by atoms with Crippen molar-refractivity contribution in [2.45, 2.75) is 51.2 Å². The number of nitrogens with zero attached hydrogens (tertiary/aromatic N) is 1. The predicted molar refractivity (Wildman–Crippen MR) is 107 cm³/mol. The molecule has 0 saturated carbocycles. The molecule has 2 heterocycles. The molecule has 1 aromatic carbocycles. The smallest absolute Gasteiger partial charge is 0.328 e. The lowest BCUT2D eigenvalue weighted by molar-refractivity contribution is -0.160. The van der Waals surface area contributed by atoms with E-state index < -0.39 is 36.0 Å². The van der Waals surface area contributed by atoms with E-state index in [1.165, 1.54) is 4.90 Å². The monoisotopic (exact) mass is 401 g/mol. The minimum atomic E-state index is -0.902. The minimum absolute atomic E-state index is 0.197. The number of hydrogen-bond donors (Lipinski definition) is 2. The third kappa shape index (κ3) is 4.27. The number of rotatable bonds is 7. The van der Waals surface area contributed by atoms with E-state index in [4.69, 9.17) is 15.2 Å². The maximum atomic E-state index is 13.2. The Balaban J connectivity index is 1.82. The van der Waals surface area contributed by atoms with Gasteiger partial charge in [-0.1, -0.05) is 18.2 Å². The van der Waals surface area contributed by atoms with Gasteiger partial charge in [-0.05, 0) is 44.7 Å². The Kier molecular flexibility index (Phi) is 6.53. The fourth-order valence-corrected chi connectivity index (χ4v) is 3.87. The maximum absolute atomic E-state index is 13.2. The van der Waals surface area contributed by atoms with Gasteiger partial charge in [0.2, 0.25) is 5.91 Å². The van der Waals surface area contributed by atoms with Gasteiger partial charge < -0.3 is 25.1 Å². The van der Waals surface area contributed by atoms with E-state index in [1.807, 2.05) is 30.5 Å². The Bertz CT molecular complexity index is 867. The number of ether oxygens (including phenoxy) is 2. The predicted octanol–water partition coefficient (Wildman–Crippen LogP) is 1.52. The first-order valence-electron chi connectivity index (χ1n) is 9.93. The Morgan fingerprint density at radius 2 is 1.69 bits per heavy atom. The number of carbonyl (C=O) groups excluding carboxylic acids is 3. The molecule has 1 aromatic heterocycles. The third-order valence-corrected chi connectivity index (χ3v) is 5.19. The van der Waals surface area contributed by atoms with Crippen molar-refractivity contribution < 1.29 is 23.9 Å². The largest absolute Gasteiger partial charge is 0.464 e. The molecule has 0 bridgehead atoms. The van der Waals surface area contributed by atoms with Crippen LogP contribution < -0.4 is 5.73 Å². The Morgan fingerprint density at radius 1 is 1.10 bits per heavy atom. The van der Waals surface area contributed by atoms with E-state index in [-0.39, 0.29) is 19.6 Å². The zero-order chi connectivity index (χ0) is 21.0. The molecule has 1 amide bonds. The van der Waals surface area contributed by atoms with E-state index in [0.717, 1.165) is 16.5 Å². The first kappa shape index (κ1) is 20.9. The van der Waals surface area contributed by atoms with Gasteiger partial charge in [0.25, 0.3) is 0 Å². The molecule has 8 nitrogen and oxygen atoms in total. The van der Waals surface area contributed by atoms with Crippen molar-refractivity contribution in [2.75, 3.05) is 13.2 Å². The fourth-order valence-electron chi connectivity index (χ4n) is 3.87. The van der Waals surface area contributed by atoms with Crippen molar-refractivity contribution in [3.05, 3.63) is 36.0 Å². The molecule has 3 rings (SSSR count). The lowest BCUT2D eigenvalue weighted by atomic mass is 10.0. The maximum Gasteiger partial charge on any atom is 0.328 e. The molecule has 0 unspecified atom stereocenters. The molecule has 3 N–H and O–H groups in total. The van der Waals surface area contributed by atoms with Crippen LogP contribution in [0.3, 0.4) is 0 Å². The average molecular weight is 401 g/mol. The number of nitrogens with one attached hydrogen (secondary N) is 1. The van der Waals surface area contributed by atoms with Crippen molar-refractivity contribution in [1.82, 2.24) is 9.88 Å². The van der Waals surface area contributed by atoms with Crippen LogP contribution in [0.5, 0.6) is 0 Å². The lowest BCUT2D eigenvalue weighted by Gasteiger charge is -2.30. The summed E-state index contributed by atoms with van der Waals surface area (Å²) in [7, 11) is 0. The molecule has 29 heavy (non-hydrogen) atoms. The van der Waals surface area contributed by atoms with Crippen LogP contribution in [-0.4, -0.2) is 59.1 Å². The number of likely N-dealkylation sites (tertiary alicyclic amines) is 1. The van der Waals surface area contributed by atoms with E-state index in [0.29, 0.717) is 12.8 Å². The summed E-state index contributed by atoms with van der Waals surface area (Å²) in [5.41, 5.74) is 8.10. The van der Waals surface area contributed by atoms with Gasteiger partial charge in [0.05, 0.1) is 19.3 Å². The fraction of sp³-hybridized carbons (Fsp3) is 0.476. The van der Waals surface area contributed by atoms with Crippen LogP contribution in [0.2, 0.25) is 0 Å². The van der Waals surface area contributed by atoms with Gasteiger partial charge >= 0.3 is 11.9 Å². The van der Waals surface area contributed by atoms with Crippen LogP contribution in [0.15, 0.2) is 30.5 Å². The van der Waals surface area contributed by atoms with Crippen molar-refractivity contribution in [1.29, 1.82) is 0 Å². The summed E-state index contributed by atoms with van der Waals surface area (Å²) in [6.45, 7) is 3.79. The summed E-state index contributed by atoms with van der Waals surface area (Å²) >= 11 is 0. The van der Waals surface area contributed by atoms with Crippen molar-refractivity contribution in [3.8, 4) is 0 Å². The number of para-hydroxylation sites is 1. The molecule has 0 spiro atoms. The molecule has 8 heteroatoms. The number of amides is 1. The molecule has 1 aliphatic heterocycles. The van der Waals surface area contributed by atoms with Crippen molar-refractivity contribution in [2.24, 2.45) is 5.73 Å². The molecule has 2 aromatic rings. The third-order valence-electron chi connectivity index (χ3n) is 5.19. The zero-order valence-corrected chi connectivity index (χ0v) is 16.7. The Hall–Kier alpha value is -2.87. The normalized spacial score (nSPS) is 19.9. The summed E-state index contributed by atoms with van der Waals surface area (Å²) < 4.78 is 10.2.